The summed E-state index contributed by atoms with van der Waals surface area (Å²) in [6.07, 6.45) is 7.19. The molecule has 0 spiro atoms. The third kappa shape index (κ3) is 8.17. The molecular weight excluding hydrogens is 284 g/mol. The largest absolute Gasteiger partial charge is 0.465 e. The van der Waals surface area contributed by atoms with Crippen molar-refractivity contribution in [1.82, 2.24) is 0 Å². The predicted octanol–water partition coefficient (Wildman–Crippen LogP) is 3.17. The molecule has 5 nitrogen and oxygen atoms in total. The number of carbonyl (C=O) groups excluding carboxylic acids is 2. The summed E-state index contributed by atoms with van der Waals surface area (Å²) in [5.41, 5.74) is 0.139. The number of ether oxygens (including phenoxy) is 3. The van der Waals surface area contributed by atoms with Crippen LogP contribution in [0.2, 0.25) is 0 Å². The number of unbranched alkanes of at least 4 members (excludes halogenated alkanes) is 5. The SMILES string of the molecule is C=C(CC(=O)OCCCCCCCC)C(=O)O[C@H]1CCOC1. The van der Waals surface area contributed by atoms with Crippen LogP contribution in [0.15, 0.2) is 12.2 Å². The van der Waals surface area contributed by atoms with Crippen molar-refractivity contribution in [2.24, 2.45) is 0 Å². The summed E-state index contributed by atoms with van der Waals surface area (Å²) in [7, 11) is 0. The first-order valence-electron chi connectivity index (χ1n) is 8.25. The van der Waals surface area contributed by atoms with E-state index < -0.39 is 11.9 Å². The molecular formula is C17H28O5. The highest BCUT2D eigenvalue weighted by Gasteiger charge is 2.22. The van der Waals surface area contributed by atoms with Gasteiger partial charge in [0, 0.05) is 12.0 Å². The van der Waals surface area contributed by atoms with Gasteiger partial charge in [0.15, 0.2) is 0 Å². The molecule has 1 heterocycles. The maximum absolute atomic E-state index is 11.7. The number of esters is 2. The molecule has 0 saturated carbocycles. The standard InChI is InChI=1S/C17H28O5/c1-3-4-5-6-7-8-10-21-16(18)12-14(2)17(19)22-15-9-11-20-13-15/h15H,2-13H2,1H3/t15-/m0/s1. The summed E-state index contributed by atoms with van der Waals surface area (Å²) in [5.74, 6) is -0.954. The first-order valence-corrected chi connectivity index (χ1v) is 8.25. The zero-order valence-corrected chi connectivity index (χ0v) is 13.6. The lowest BCUT2D eigenvalue weighted by Crippen LogP contribution is -2.20. The van der Waals surface area contributed by atoms with E-state index in [9.17, 15) is 9.59 Å². The number of carbonyl (C=O) groups is 2. The van der Waals surface area contributed by atoms with Crippen LogP contribution in [0.3, 0.4) is 0 Å². The molecule has 0 amide bonds. The van der Waals surface area contributed by atoms with E-state index in [4.69, 9.17) is 14.2 Å². The van der Waals surface area contributed by atoms with Crippen molar-refractivity contribution in [3.05, 3.63) is 12.2 Å². The Hall–Kier alpha value is -1.36. The van der Waals surface area contributed by atoms with Crippen LogP contribution >= 0.6 is 0 Å². The highest BCUT2D eigenvalue weighted by molar-refractivity contribution is 5.93. The molecule has 0 bridgehead atoms. The van der Waals surface area contributed by atoms with Crippen molar-refractivity contribution in [3.8, 4) is 0 Å². The van der Waals surface area contributed by atoms with Gasteiger partial charge in [0.2, 0.25) is 0 Å². The van der Waals surface area contributed by atoms with E-state index in [1.807, 2.05) is 0 Å². The average molecular weight is 312 g/mol. The van der Waals surface area contributed by atoms with E-state index in [2.05, 4.69) is 13.5 Å². The molecule has 1 rings (SSSR count). The van der Waals surface area contributed by atoms with Crippen molar-refractivity contribution in [1.29, 1.82) is 0 Å². The molecule has 5 heteroatoms. The molecule has 0 N–H and O–H groups in total. The second-order valence-corrected chi connectivity index (χ2v) is 5.66. The lowest BCUT2D eigenvalue weighted by molar-refractivity contribution is -0.148. The first kappa shape index (κ1) is 18.7. The van der Waals surface area contributed by atoms with Crippen LogP contribution in [0.5, 0.6) is 0 Å². The maximum Gasteiger partial charge on any atom is 0.334 e. The van der Waals surface area contributed by atoms with E-state index in [1.54, 1.807) is 0 Å². The quantitative estimate of drug-likeness (QED) is 0.333. The summed E-state index contributed by atoms with van der Waals surface area (Å²) in [6, 6.07) is 0. The van der Waals surface area contributed by atoms with Gasteiger partial charge in [0.25, 0.3) is 0 Å². The molecule has 1 aliphatic rings. The van der Waals surface area contributed by atoms with Crippen LogP contribution in [0.1, 0.15) is 58.3 Å². The fraction of sp³-hybridized carbons (Fsp3) is 0.765. The van der Waals surface area contributed by atoms with Gasteiger partial charge in [-0.05, 0) is 6.42 Å². The minimum absolute atomic E-state index is 0.109. The molecule has 1 saturated heterocycles. The molecule has 1 atom stereocenters. The van der Waals surface area contributed by atoms with Crippen molar-refractivity contribution in [2.75, 3.05) is 19.8 Å². The lowest BCUT2D eigenvalue weighted by Gasteiger charge is -2.11. The first-order chi connectivity index (χ1) is 10.6. The average Bonchev–Trinajstić information content (AvgIpc) is 2.99. The Morgan fingerprint density at radius 1 is 1.18 bits per heavy atom. The predicted molar refractivity (Wildman–Crippen MR) is 83.4 cm³/mol. The van der Waals surface area contributed by atoms with Crippen LogP contribution in [0.25, 0.3) is 0 Å². The van der Waals surface area contributed by atoms with Gasteiger partial charge in [-0.1, -0.05) is 45.6 Å². The van der Waals surface area contributed by atoms with Crippen molar-refractivity contribution in [3.63, 3.8) is 0 Å². The number of hydrogen-bond acceptors (Lipinski definition) is 5. The van der Waals surface area contributed by atoms with Crippen molar-refractivity contribution < 1.29 is 23.8 Å². The lowest BCUT2D eigenvalue weighted by atomic mass is 10.1. The van der Waals surface area contributed by atoms with Gasteiger partial charge in [0.1, 0.15) is 6.10 Å². The van der Waals surface area contributed by atoms with Crippen molar-refractivity contribution in [2.45, 2.75) is 64.4 Å². The molecule has 0 aromatic rings. The molecule has 1 aliphatic heterocycles. The molecule has 1 fully saturated rings. The minimum atomic E-state index is -0.535. The normalized spacial score (nSPS) is 17.2. The summed E-state index contributed by atoms with van der Waals surface area (Å²) in [4.78, 5) is 23.3. The Morgan fingerprint density at radius 3 is 2.59 bits per heavy atom. The Kier molecular flexibility index (Phi) is 9.55. The molecule has 126 valence electrons. The Labute approximate surface area is 133 Å². The molecule has 22 heavy (non-hydrogen) atoms. The van der Waals surface area contributed by atoms with Gasteiger partial charge in [-0.25, -0.2) is 4.79 Å². The van der Waals surface area contributed by atoms with Gasteiger partial charge >= 0.3 is 11.9 Å². The van der Waals surface area contributed by atoms with Gasteiger partial charge in [-0.3, -0.25) is 4.79 Å². The van der Waals surface area contributed by atoms with Crippen LogP contribution in [-0.2, 0) is 23.8 Å². The minimum Gasteiger partial charge on any atom is -0.465 e. The van der Waals surface area contributed by atoms with Gasteiger partial charge in [0.05, 0.1) is 26.2 Å². The highest BCUT2D eigenvalue weighted by atomic mass is 16.6. The third-order valence-corrected chi connectivity index (χ3v) is 3.57. The second kappa shape index (κ2) is 11.2. The van der Waals surface area contributed by atoms with E-state index in [1.165, 1.54) is 25.7 Å². The van der Waals surface area contributed by atoms with Gasteiger partial charge < -0.3 is 14.2 Å². The van der Waals surface area contributed by atoms with Crippen LogP contribution in [-0.4, -0.2) is 37.9 Å². The topological polar surface area (TPSA) is 61.8 Å². The monoisotopic (exact) mass is 312 g/mol. The van der Waals surface area contributed by atoms with E-state index in [0.29, 0.717) is 26.2 Å². The van der Waals surface area contributed by atoms with E-state index in [-0.39, 0.29) is 18.1 Å². The van der Waals surface area contributed by atoms with E-state index in [0.717, 1.165) is 12.8 Å². The maximum atomic E-state index is 11.7. The zero-order chi connectivity index (χ0) is 16.2. The molecule has 0 aromatic carbocycles. The Bertz CT molecular complexity index is 358. The van der Waals surface area contributed by atoms with Gasteiger partial charge in [-0.2, -0.15) is 0 Å². The summed E-state index contributed by atoms with van der Waals surface area (Å²) >= 11 is 0. The fourth-order valence-corrected chi connectivity index (χ4v) is 2.21. The van der Waals surface area contributed by atoms with Crippen molar-refractivity contribution >= 4 is 11.9 Å². The Morgan fingerprint density at radius 2 is 1.91 bits per heavy atom. The Balaban J connectivity index is 2.05. The fourth-order valence-electron chi connectivity index (χ4n) is 2.21. The summed E-state index contributed by atoms with van der Waals surface area (Å²) in [6.45, 7) is 7.21. The van der Waals surface area contributed by atoms with Gasteiger partial charge in [-0.15, -0.1) is 0 Å². The van der Waals surface area contributed by atoms with Crippen LogP contribution < -0.4 is 0 Å². The molecule has 0 unspecified atom stereocenters. The third-order valence-electron chi connectivity index (χ3n) is 3.57. The molecule has 0 aromatic heterocycles. The van der Waals surface area contributed by atoms with Crippen LogP contribution in [0, 0.1) is 0 Å². The van der Waals surface area contributed by atoms with Crippen LogP contribution in [0.4, 0.5) is 0 Å². The molecule has 0 radical (unpaired) electrons. The number of rotatable bonds is 11. The molecule has 0 aliphatic carbocycles. The van der Waals surface area contributed by atoms with E-state index >= 15 is 0 Å². The smallest absolute Gasteiger partial charge is 0.334 e. The highest BCUT2D eigenvalue weighted by Crippen LogP contribution is 2.12. The summed E-state index contributed by atoms with van der Waals surface area (Å²) in [5, 5.41) is 0. The second-order valence-electron chi connectivity index (χ2n) is 5.66. The zero-order valence-electron chi connectivity index (χ0n) is 13.6. The summed E-state index contributed by atoms with van der Waals surface area (Å²) < 4.78 is 15.4. The number of hydrogen-bond donors (Lipinski definition) is 0.